The summed E-state index contributed by atoms with van der Waals surface area (Å²) in [6.45, 7) is 1.24. The molecule has 5 rings (SSSR count). The second kappa shape index (κ2) is 8.24. The molecular formula is C22H28FN3O4. The number of amides is 3. The molecule has 1 aromatic rings. The predicted octanol–water partition coefficient (Wildman–Crippen LogP) is 2.07. The van der Waals surface area contributed by atoms with Gasteiger partial charge in [0.1, 0.15) is 0 Å². The minimum absolute atomic E-state index is 0.0423. The Balaban J connectivity index is 1.21. The fourth-order valence-corrected chi connectivity index (χ4v) is 5.80. The van der Waals surface area contributed by atoms with Gasteiger partial charge >= 0.3 is 0 Å². The summed E-state index contributed by atoms with van der Waals surface area (Å²) in [5.41, 5.74) is 4.19. The SMILES string of the molecule is C[C@H](Oc1ccccc1F)C(=O)NNC(=O)CNC(=O)C12CC3CC(CC(C3)C1)C2. The number of rotatable bonds is 6. The van der Waals surface area contributed by atoms with E-state index in [1.165, 1.54) is 44.4 Å². The highest BCUT2D eigenvalue weighted by Crippen LogP contribution is 2.60. The maximum absolute atomic E-state index is 13.6. The van der Waals surface area contributed by atoms with E-state index in [1.807, 2.05) is 0 Å². The number of nitrogens with one attached hydrogen (secondary N) is 3. The van der Waals surface area contributed by atoms with Crippen molar-refractivity contribution >= 4 is 17.7 Å². The van der Waals surface area contributed by atoms with Crippen LogP contribution < -0.4 is 20.9 Å². The van der Waals surface area contributed by atoms with Gasteiger partial charge in [-0.15, -0.1) is 0 Å². The number of carbonyl (C=O) groups excluding carboxylic acids is 3. The molecule has 1 atom stereocenters. The summed E-state index contributed by atoms with van der Waals surface area (Å²) in [7, 11) is 0. The highest BCUT2D eigenvalue weighted by molar-refractivity contribution is 5.89. The van der Waals surface area contributed by atoms with E-state index in [-0.39, 0.29) is 23.6 Å². The number of para-hydroxylation sites is 1. The van der Waals surface area contributed by atoms with Crippen molar-refractivity contribution in [1.29, 1.82) is 0 Å². The monoisotopic (exact) mass is 417 g/mol. The molecule has 4 fully saturated rings. The Morgan fingerprint density at radius 3 is 2.27 bits per heavy atom. The molecule has 0 saturated heterocycles. The van der Waals surface area contributed by atoms with Crippen LogP contribution in [-0.2, 0) is 14.4 Å². The maximum Gasteiger partial charge on any atom is 0.279 e. The van der Waals surface area contributed by atoms with Crippen LogP contribution in [0.15, 0.2) is 24.3 Å². The number of ether oxygens (including phenoxy) is 1. The Labute approximate surface area is 175 Å². The smallest absolute Gasteiger partial charge is 0.279 e. The van der Waals surface area contributed by atoms with E-state index in [0.29, 0.717) is 17.8 Å². The summed E-state index contributed by atoms with van der Waals surface area (Å²) in [5, 5.41) is 2.76. The summed E-state index contributed by atoms with van der Waals surface area (Å²) in [4.78, 5) is 37.0. The van der Waals surface area contributed by atoms with Gasteiger partial charge in [0.15, 0.2) is 17.7 Å². The van der Waals surface area contributed by atoms with Gasteiger partial charge in [-0.05, 0) is 75.3 Å². The van der Waals surface area contributed by atoms with Gasteiger partial charge in [-0.25, -0.2) is 4.39 Å². The van der Waals surface area contributed by atoms with Crippen LogP contribution in [0.3, 0.4) is 0 Å². The molecule has 7 nitrogen and oxygen atoms in total. The number of carbonyl (C=O) groups is 3. The third-order valence-electron chi connectivity index (χ3n) is 6.76. The zero-order valence-corrected chi connectivity index (χ0v) is 17.1. The molecule has 4 aliphatic rings. The lowest BCUT2D eigenvalue weighted by Crippen LogP contribution is -2.55. The molecule has 0 unspecified atom stereocenters. The van der Waals surface area contributed by atoms with Gasteiger partial charge < -0.3 is 10.1 Å². The minimum Gasteiger partial charge on any atom is -0.478 e. The standard InChI is InChI=1S/C22H28FN3O4/c1-13(30-18-5-3-2-4-17(18)23)20(28)26-25-19(27)12-24-21(29)22-9-14-6-15(10-22)8-16(7-14)11-22/h2-5,13-16H,6-12H2,1H3,(H,24,29)(H,25,27)(H,26,28)/t13-,14?,15?,16?,22?/m0/s1. The molecule has 8 heteroatoms. The van der Waals surface area contributed by atoms with Crippen LogP contribution in [0.4, 0.5) is 4.39 Å². The molecule has 162 valence electrons. The number of hydrazine groups is 1. The lowest BCUT2D eigenvalue weighted by molar-refractivity contribution is -0.147. The van der Waals surface area contributed by atoms with Crippen LogP contribution in [0.5, 0.6) is 5.75 Å². The Kier molecular flexibility index (Phi) is 5.66. The van der Waals surface area contributed by atoms with Gasteiger partial charge in [-0.3, -0.25) is 25.2 Å². The topological polar surface area (TPSA) is 96.5 Å². The summed E-state index contributed by atoms with van der Waals surface area (Å²) in [6.07, 6.45) is 5.49. The first kappa shape index (κ1) is 20.6. The molecule has 0 heterocycles. The Morgan fingerprint density at radius 1 is 1.07 bits per heavy atom. The van der Waals surface area contributed by atoms with Crippen molar-refractivity contribution in [3.05, 3.63) is 30.1 Å². The van der Waals surface area contributed by atoms with Crippen LogP contribution in [0.25, 0.3) is 0 Å². The Bertz CT molecular complexity index is 808. The second-order valence-corrected chi connectivity index (χ2v) is 9.11. The van der Waals surface area contributed by atoms with Crippen LogP contribution in [-0.4, -0.2) is 30.4 Å². The molecule has 0 spiro atoms. The van der Waals surface area contributed by atoms with Crippen molar-refractivity contribution in [3.8, 4) is 5.75 Å². The van der Waals surface area contributed by atoms with Gasteiger partial charge in [-0.1, -0.05) is 12.1 Å². The molecule has 3 amide bonds. The summed E-state index contributed by atoms with van der Waals surface area (Å²) < 4.78 is 18.9. The normalized spacial score (nSPS) is 29.7. The van der Waals surface area contributed by atoms with Crippen molar-refractivity contribution in [3.63, 3.8) is 0 Å². The van der Waals surface area contributed by atoms with Gasteiger partial charge in [0.2, 0.25) is 5.91 Å². The largest absolute Gasteiger partial charge is 0.478 e. The van der Waals surface area contributed by atoms with E-state index >= 15 is 0 Å². The van der Waals surface area contributed by atoms with Gasteiger partial charge in [0, 0.05) is 5.41 Å². The van der Waals surface area contributed by atoms with Gasteiger partial charge in [0.25, 0.3) is 11.8 Å². The third-order valence-corrected chi connectivity index (χ3v) is 6.76. The molecule has 0 aromatic heterocycles. The van der Waals surface area contributed by atoms with E-state index in [2.05, 4.69) is 16.2 Å². The number of hydrogen-bond donors (Lipinski definition) is 3. The highest BCUT2D eigenvalue weighted by Gasteiger charge is 2.54. The van der Waals surface area contributed by atoms with Gasteiger partial charge in [0.05, 0.1) is 6.54 Å². The number of halogens is 1. The zero-order valence-electron chi connectivity index (χ0n) is 17.1. The lowest BCUT2D eigenvalue weighted by Gasteiger charge is -2.55. The molecule has 0 aliphatic heterocycles. The Hall–Kier alpha value is -2.64. The number of hydrogen-bond acceptors (Lipinski definition) is 4. The van der Waals surface area contributed by atoms with Crippen LogP contribution in [0.2, 0.25) is 0 Å². The van der Waals surface area contributed by atoms with E-state index in [9.17, 15) is 18.8 Å². The second-order valence-electron chi connectivity index (χ2n) is 9.11. The third kappa shape index (κ3) is 4.27. The summed E-state index contributed by atoms with van der Waals surface area (Å²) in [5.74, 6) is 0.115. The quantitative estimate of drug-likeness (QED) is 0.618. The number of benzene rings is 1. The fourth-order valence-electron chi connectivity index (χ4n) is 5.80. The molecule has 4 bridgehead atoms. The van der Waals surface area contributed by atoms with E-state index in [4.69, 9.17) is 4.74 Å². The van der Waals surface area contributed by atoms with Crippen LogP contribution in [0.1, 0.15) is 45.4 Å². The molecular weight excluding hydrogens is 389 g/mol. The summed E-state index contributed by atoms with van der Waals surface area (Å²) in [6, 6.07) is 5.76. The van der Waals surface area contributed by atoms with Crippen molar-refractivity contribution < 1.29 is 23.5 Å². The molecule has 0 radical (unpaired) electrons. The van der Waals surface area contributed by atoms with Crippen LogP contribution in [0, 0.1) is 29.0 Å². The molecule has 1 aromatic carbocycles. The first-order valence-electron chi connectivity index (χ1n) is 10.6. The van der Waals surface area contributed by atoms with E-state index in [0.717, 1.165) is 19.3 Å². The van der Waals surface area contributed by atoms with Crippen molar-refractivity contribution in [2.24, 2.45) is 23.2 Å². The molecule has 30 heavy (non-hydrogen) atoms. The van der Waals surface area contributed by atoms with Crippen molar-refractivity contribution in [2.45, 2.75) is 51.6 Å². The van der Waals surface area contributed by atoms with Crippen molar-refractivity contribution in [2.75, 3.05) is 6.54 Å². The molecule has 4 saturated carbocycles. The fraction of sp³-hybridized carbons (Fsp3) is 0.591. The zero-order chi connectivity index (χ0) is 21.3. The van der Waals surface area contributed by atoms with E-state index in [1.54, 1.807) is 6.07 Å². The lowest BCUT2D eigenvalue weighted by atomic mass is 9.49. The molecule has 4 aliphatic carbocycles. The van der Waals surface area contributed by atoms with Gasteiger partial charge in [-0.2, -0.15) is 0 Å². The first-order valence-corrected chi connectivity index (χ1v) is 10.6. The van der Waals surface area contributed by atoms with Crippen molar-refractivity contribution in [1.82, 2.24) is 16.2 Å². The Morgan fingerprint density at radius 2 is 1.67 bits per heavy atom. The maximum atomic E-state index is 13.6. The average molecular weight is 417 g/mol. The highest BCUT2D eigenvalue weighted by atomic mass is 19.1. The predicted molar refractivity (Wildman–Crippen MR) is 106 cm³/mol. The first-order chi connectivity index (χ1) is 14.3. The van der Waals surface area contributed by atoms with Crippen LogP contribution >= 0.6 is 0 Å². The van der Waals surface area contributed by atoms with E-state index < -0.39 is 23.7 Å². The minimum atomic E-state index is -1.01. The summed E-state index contributed by atoms with van der Waals surface area (Å²) >= 11 is 0. The molecule has 3 N–H and O–H groups in total. The average Bonchev–Trinajstić information content (AvgIpc) is 2.70.